The van der Waals surface area contributed by atoms with Crippen molar-refractivity contribution in [2.75, 3.05) is 5.32 Å². The summed E-state index contributed by atoms with van der Waals surface area (Å²) in [7, 11) is 0. The first-order chi connectivity index (χ1) is 8.88. The minimum atomic E-state index is 0.811. The highest BCUT2D eigenvalue weighted by Gasteiger charge is 1.96. The lowest BCUT2D eigenvalue weighted by Gasteiger charge is -2.06. The van der Waals surface area contributed by atoms with Crippen LogP contribution in [0.15, 0.2) is 47.3 Å². The van der Waals surface area contributed by atoms with Crippen LogP contribution < -0.4 is 5.32 Å². The SMILES string of the molecule is CCCCCc1ccc(NCc2ccoc2)cc1. The number of hydrogen-bond donors (Lipinski definition) is 1. The normalized spacial score (nSPS) is 10.5. The average Bonchev–Trinajstić information content (AvgIpc) is 2.91. The third-order valence-corrected chi connectivity index (χ3v) is 3.10. The zero-order valence-corrected chi connectivity index (χ0v) is 11.0. The average molecular weight is 243 g/mol. The molecule has 0 aliphatic rings. The van der Waals surface area contributed by atoms with Crippen molar-refractivity contribution in [3.63, 3.8) is 0 Å². The molecule has 0 aliphatic carbocycles. The van der Waals surface area contributed by atoms with E-state index in [1.165, 1.54) is 36.8 Å². The molecule has 1 N–H and O–H groups in total. The molecule has 0 saturated heterocycles. The molecule has 2 heteroatoms. The van der Waals surface area contributed by atoms with E-state index < -0.39 is 0 Å². The van der Waals surface area contributed by atoms with Crippen LogP contribution in [0.5, 0.6) is 0 Å². The fourth-order valence-electron chi connectivity index (χ4n) is 1.97. The lowest BCUT2D eigenvalue weighted by Crippen LogP contribution is -1.98. The standard InChI is InChI=1S/C16H21NO/c1-2-3-4-5-14-6-8-16(9-7-14)17-12-15-10-11-18-13-15/h6-11,13,17H,2-5,12H2,1H3. The van der Waals surface area contributed by atoms with Crippen LogP contribution in [0.1, 0.15) is 37.3 Å². The van der Waals surface area contributed by atoms with E-state index in [2.05, 4.69) is 36.5 Å². The number of furan rings is 1. The fraction of sp³-hybridized carbons (Fsp3) is 0.375. The van der Waals surface area contributed by atoms with Gasteiger partial charge in [0.25, 0.3) is 0 Å². The molecule has 0 bridgehead atoms. The summed E-state index contributed by atoms with van der Waals surface area (Å²) >= 11 is 0. The molecule has 2 rings (SSSR count). The molecule has 0 unspecified atom stereocenters. The summed E-state index contributed by atoms with van der Waals surface area (Å²) < 4.78 is 5.04. The van der Waals surface area contributed by atoms with Gasteiger partial charge in [0.15, 0.2) is 0 Å². The van der Waals surface area contributed by atoms with Crippen molar-refractivity contribution in [1.29, 1.82) is 0 Å². The van der Waals surface area contributed by atoms with Gasteiger partial charge in [-0.15, -0.1) is 0 Å². The number of aryl methyl sites for hydroxylation is 1. The Morgan fingerprint density at radius 1 is 1.00 bits per heavy atom. The van der Waals surface area contributed by atoms with Gasteiger partial charge in [0.2, 0.25) is 0 Å². The molecule has 0 amide bonds. The van der Waals surface area contributed by atoms with Crippen LogP contribution in [0.2, 0.25) is 0 Å². The number of anilines is 1. The maximum absolute atomic E-state index is 5.04. The molecule has 0 fully saturated rings. The summed E-state index contributed by atoms with van der Waals surface area (Å²) in [5.74, 6) is 0. The van der Waals surface area contributed by atoms with Crippen molar-refractivity contribution in [2.24, 2.45) is 0 Å². The van der Waals surface area contributed by atoms with Crippen molar-refractivity contribution in [1.82, 2.24) is 0 Å². The van der Waals surface area contributed by atoms with Gasteiger partial charge >= 0.3 is 0 Å². The van der Waals surface area contributed by atoms with Gasteiger partial charge in [-0.1, -0.05) is 31.9 Å². The van der Waals surface area contributed by atoms with Gasteiger partial charge in [-0.25, -0.2) is 0 Å². The Balaban J connectivity index is 1.80. The third-order valence-electron chi connectivity index (χ3n) is 3.10. The third kappa shape index (κ3) is 3.95. The first-order valence-corrected chi connectivity index (χ1v) is 6.72. The summed E-state index contributed by atoms with van der Waals surface area (Å²) in [5.41, 5.74) is 3.76. The monoisotopic (exact) mass is 243 g/mol. The van der Waals surface area contributed by atoms with E-state index >= 15 is 0 Å². The number of rotatable bonds is 7. The Morgan fingerprint density at radius 3 is 2.50 bits per heavy atom. The van der Waals surface area contributed by atoms with E-state index in [9.17, 15) is 0 Å². The summed E-state index contributed by atoms with van der Waals surface area (Å²) in [5, 5.41) is 3.38. The van der Waals surface area contributed by atoms with E-state index in [4.69, 9.17) is 4.42 Å². The molecule has 18 heavy (non-hydrogen) atoms. The summed E-state index contributed by atoms with van der Waals surface area (Å²) in [6.45, 7) is 3.05. The molecule has 96 valence electrons. The van der Waals surface area contributed by atoms with Crippen LogP contribution in [-0.4, -0.2) is 0 Å². The predicted octanol–water partition coefficient (Wildman–Crippen LogP) is 4.62. The predicted molar refractivity (Wildman–Crippen MR) is 75.7 cm³/mol. The quantitative estimate of drug-likeness (QED) is 0.717. The second kappa shape index (κ2) is 6.90. The molecule has 1 aromatic carbocycles. The Labute approximate surface area is 109 Å². The van der Waals surface area contributed by atoms with E-state index in [0.29, 0.717) is 0 Å². The summed E-state index contributed by atoms with van der Waals surface area (Å²) in [4.78, 5) is 0. The van der Waals surface area contributed by atoms with Gasteiger partial charge in [-0.05, 0) is 36.6 Å². The largest absolute Gasteiger partial charge is 0.472 e. The van der Waals surface area contributed by atoms with Crippen molar-refractivity contribution in [3.8, 4) is 0 Å². The molecule has 0 atom stereocenters. The van der Waals surface area contributed by atoms with Gasteiger partial charge in [0, 0.05) is 17.8 Å². The molecular formula is C16H21NO. The Bertz CT molecular complexity index is 431. The first-order valence-electron chi connectivity index (χ1n) is 6.72. The molecule has 0 aliphatic heterocycles. The molecule has 0 radical (unpaired) electrons. The second-order valence-corrected chi connectivity index (χ2v) is 4.64. The molecule has 0 saturated carbocycles. The highest BCUT2D eigenvalue weighted by Crippen LogP contribution is 2.13. The lowest BCUT2D eigenvalue weighted by molar-refractivity contribution is 0.564. The van der Waals surface area contributed by atoms with E-state index in [1.54, 1.807) is 12.5 Å². The van der Waals surface area contributed by atoms with Crippen molar-refractivity contribution < 1.29 is 4.42 Å². The van der Waals surface area contributed by atoms with E-state index in [-0.39, 0.29) is 0 Å². The van der Waals surface area contributed by atoms with Crippen LogP contribution in [0.25, 0.3) is 0 Å². The second-order valence-electron chi connectivity index (χ2n) is 4.64. The lowest BCUT2D eigenvalue weighted by atomic mass is 10.1. The Hall–Kier alpha value is -1.70. The molecule has 2 nitrogen and oxygen atoms in total. The van der Waals surface area contributed by atoms with Crippen molar-refractivity contribution >= 4 is 5.69 Å². The Kier molecular flexibility index (Phi) is 4.88. The van der Waals surface area contributed by atoms with Gasteiger partial charge in [0.1, 0.15) is 0 Å². The molecular weight excluding hydrogens is 222 g/mol. The zero-order chi connectivity index (χ0) is 12.6. The van der Waals surface area contributed by atoms with Crippen LogP contribution >= 0.6 is 0 Å². The summed E-state index contributed by atoms with van der Waals surface area (Å²) in [6, 6.07) is 10.7. The van der Waals surface area contributed by atoms with Crippen LogP contribution in [0.4, 0.5) is 5.69 Å². The number of benzene rings is 1. The topological polar surface area (TPSA) is 25.2 Å². The van der Waals surface area contributed by atoms with Crippen molar-refractivity contribution in [3.05, 3.63) is 54.0 Å². The maximum Gasteiger partial charge on any atom is 0.0952 e. The maximum atomic E-state index is 5.04. The number of hydrogen-bond acceptors (Lipinski definition) is 2. The molecule has 1 aromatic heterocycles. The van der Waals surface area contributed by atoms with Gasteiger partial charge in [-0.2, -0.15) is 0 Å². The Morgan fingerprint density at radius 2 is 1.83 bits per heavy atom. The van der Waals surface area contributed by atoms with Crippen LogP contribution in [-0.2, 0) is 13.0 Å². The number of nitrogens with one attached hydrogen (secondary N) is 1. The molecule has 2 aromatic rings. The smallest absolute Gasteiger partial charge is 0.0952 e. The highest BCUT2D eigenvalue weighted by atomic mass is 16.3. The minimum absolute atomic E-state index is 0.811. The molecule has 1 heterocycles. The molecule has 0 spiro atoms. The first kappa shape index (κ1) is 12.7. The van der Waals surface area contributed by atoms with Gasteiger partial charge in [0.05, 0.1) is 12.5 Å². The minimum Gasteiger partial charge on any atom is -0.472 e. The zero-order valence-electron chi connectivity index (χ0n) is 11.0. The van der Waals surface area contributed by atoms with E-state index in [1.807, 2.05) is 6.07 Å². The van der Waals surface area contributed by atoms with Crippen LogP contribution in [0.3, 0.4) is 0 Å². The van der Waals surface area contributed by atoms with Crippen LogP contribution in [0, 0.1) is 0 Å². The van der Waals surface area contributed by atoms with Gasteiger partial charge in [-0.3, -0.25) is 0 Å². The fourth-order valence-corrected chi connectivity index (χ4v) is 1.97. The number of unbranched alkanes of at least 4 members (excludes halogenated alkanes) is 2. The van der Waals surface area contributed by atoms with Crippen molar-refractivity contribution in [2.45, 2.75) is 39.2 Å². The van der Waals surface area contributed by atoms with E-state index in [0.717, 1.165) is 12.2 Å². The highest BCUT2D eigenvalue weighted by molar-refractivity contribution is 5.45. The van der Waals surface area contributed by atoms with Gasteiger partial charge < -0.3 is 9.73 Å². The summed E-state index contributed by atoms with van der Waals surface area (Å²) in [6.07, 6.45) is 8.55.